The molecule has 1 heterocycles. The number of ether oxygens (including phenoxy) is 1. The molecule has 0 saturated carbocycles. The van der Waals surface area contributed by atoms with Gasteiger partial charge in [-0.05, 0) is 18.6 Å². The Morgan fingerprint density at radius 2 is 2.00 bits per heavy atom. The molecular formula is C9H10N4O. The standard InChI is InChI=1S/C9H10N4O/c1-5-3-6-7(4-8(5)14-2)12-13-9(10)11-6/h3-4H,1-2H3,(H2,10,11,13). The van der Waals surface area contributed by atoms with Gasteiger partial charge in [0.2, 0.25) is 5.95 Å². The Balaban J connectivity index is 2.73. The minimum atomic E-state index is 0.182. The van der Waals surface area contributed by atoms with E-state index in [0.717, 1.165) is 16.8 Å². The number of aromatic nitrogens is 3. The molecule has 0 saturated heterocycles. The number of nitrogen functional groups attached to an aromatic ring is 1. The number of methoxy groups -OCH3 is 1. The van der Waals surface area contributed by atoms with E-state index >= 15 is 0 Å². The van der Waals surface area contributed by atoms with Crippen LogP contribution >= 0.6 is 0 Å². The van der Waals surface area contributed by atoms with Gasteiger partial charge in [0.25, 0.3) is 0 Å². The summed E-state index contributed by atoms with van der Waals surface area (Å²) in [4.78, 5) is 4.06. The van der Waals surface area contributed by atoms with E-state index in [1.807, 2.05) is 13.0 Å². The van der Waals surface area contributed by atoms with E-state index in [4.69, 9.17) is 10.5 Å². The second-order valence-electron chi connectivity index (χ2n) is 2.98. The van der Waals surface area contributed by atoms with E-state index in [2.05, 4.69) is 15.2 Å². The third kappa shape index (κ3) is 1.32. The first-order valence-electron chi connectivity index (χ1n) is 4.15. The summed E-state index contributed by atoms with van der Waals surface area (Å²) in [5.74, 6) is 0.959. The largest absolute Gasteiger partial charge is 0.496 e. The Bertz CT molecular complexity index is 483. The summed E-state index contributed by atoms with van der Waals surface area (Å²) in [6.07, 6.45) is 0. The van der Waals surface area contributed by atoms with E-state index in [1.165, 1.54) is 0 Å². The number of rotatable bonds is 1. The van der Waals surface area contributed by atoms with Crippen LogP contribution in [0.1, 0.15) is 5.56 Å². The number of hydrogen-bond acceptors (Lipinski definition) is 5. The first-order chi connectivity index (χ1) is 6.70. The van der Waals surface area contributed by atoms with Crippen molar-refractivity contribution in [3.05, 3.63) is 17.7 Å². The summed E-state index contributed by atoms with van der Waals surface area (Å²) in [5.41, 5.74) is 7.84. The molecule has 2 rings (SSSR count). The van der Waals surface area contributed by atoms with Crippen LogP contribution in [-0.4, -0.2) is 22.3 Å². The molecule has 72 valence electrons. The van der Waals surface area contributed by atoms with Gasteiger partial charge in [-0.1, -0.05) is 0 Å². The fourth-order valence-corrected chi connectivity index (χ4v) is 1.30. The molecule has 1 aromatic carbocycles. The number of nitrogens with zero attached hydrogens (tertiary/aromatic N) is 3. The van der Waals surface area contributed by atoms with Crippen molar-refractivity contribution < 1.29 is 4.74 Å². The highest BCUT2D eigenvalue weighted by atomic mass is 16.5. The highest BCUT2D eigenvalue weighted by Gasteiger charge is 2.04. The van der Waals surface area contributed by atoms with Crippen LogP contribution in [0.5, 0.6) is 5.75 Å². The molecule has 5 heteroatoms. The van der Waals surface area contributed by atoms with Crippen molar-refractivity contribution in [2.24, 2.45) is 0 Å². The average molecular weight is 190 g/mol. The van der Waals surface area contributed by atoms with E-state index in [9.17, 15) is 0 Å². The van der Waals surface area contributed by atoms with Gasteiger partial charge >= 0.3 is 0 Å². The highest BCUT2D eigenvalue weighted by Crippen LogP contribution is 2.22. The van der Waals surface area contributed by atoms with E-state index in [-0.39, 0.29) is 5.95 Å². The molecule has 0 spiro atoms. The second kappa shape index (κ2) is 3.10. The van der Waals surface area contributed by atoms with Crippen molar-refractivity contribution in [3.63, 3.8) is 0 Å². The number of nitrogens with two attached hydrogens (primary N) is 1. The minimum absolute atomic E-state index is 0.182. The molecule has 0 fully saturated rings. The number of hydrogen-bond donors (Lipinski definition) is 1. The molecule has 0 radical (unpaired) electrons. The topological polar surface area (TPSA) is 73.9 Å². The number of benzene rings is 1. The SMILES string of the molecule is COc1cc2nnc(N)nc2cc1C. The van der Waals surface area contributed by atoms with Gasteiger partial charge in [-0.2, -0.15) is 0 Å². The van der Waals surface area contributed by atoms with Crippen LogP contribution in [0.15, 0.2) is 12.1 Å². The molecule has 14 heavy (non-hydrogen) atoms. The lowest BCUT2D eigenvalue weighted by Gasteiger charge is -2.05. The van der Waals surface area contributed by atoms with Crippen molar-refractivity contribution in [2.45, 2.75) is 6.92 Å². The molecule has 1 aromatic heterocycles. The van der Waals surface area contributed by atoms with E-state index in [0.29, 0.717) is 5.52 Å². The fraction of sp³-hybridized carbons (Fsp3) is 0.222. The second-order valence-corrected chi connectivity index (χ2v) is 2.98. The normalized spacial score (nSPS) is 10.4. The van der Waals surface area contributed by atoms with Crippen molar-refractivity contribution in [2.75, 3.05) is 12.8 Å². The summed E-state index contributed by atoms with van der Waals surface area (Å²) in [5, 5.41) is 7.59. The predicted molar refractivity (Wildman–Crippen MR) is 53.0 cm³/mol. The van der Waals surface area contributed by atoms with Crippen LogP contribution in [0.2, 0.25) is 0 Å². The van der Waals surface area contributed by atoms with Gasteiger partial charge in [-0.3, -0.25) is 0 Å². The van der Waals surface area contributed by atoms with Gasteiger partial charge in [-0.25, -0.2) is 4.98 Å². The summed E-state index contributed by atoms with van der Waals surface area (Å²) in [7, 11) is 1.62. The van der Waals surface area contributed by atoms with Crippen molar-refractivity contribution in [3.8, 4) is 5.75 Å². The molecule has 2 aromatic rings. The summed E-state index contributed by atoms with van der Waals surface area (Å²) in [6.45, 7) is 1.94. The Labute approximate surface area is 80.9 Å². The average Bonchev–Trinajstić information content (AvgIpc) is 2.16. The lowest BCUT2D eigenvalue weighted by molar-refractivity contribution is 0.412. The van der Waals surface area contributed by atoms with Crippen LogP contribution in [0, 0.1) is 6.92 Å². The molecule has 5 nitrogen and oxygen atoms in total. The van der Waals surface area contributed by atoms with Crippen LogP contribution in [0.25, 0.3) is 11.0 Å². The third-order valence-electron chi connectivity index (χ3n) is 1.99. The van der Waals surface area contributed by atoms with Gasteiger partial charge < -0.3 is 10.5 Å². The minimum Gasteiger partial charge on any atom is -0.496 e. The van der Waals surface area contributed by atoms with Crippen LogP contribution < -0.4 is 10.5 Å². The first kappa shape index (κ1) is 8.68. The monoisotopic (exact) mass is 190 g/mol. The maximum atomic E-state index is 5.43. The summed E-state index contributed by atoms with van der Waals surface area (Å²) in [6, 6.07) is 3.67. The third-order valence-corrected chi connectivity index (χ3v) is 1.99. The fourth-order valence-electron chi connectivity index (χ4n) is 1.30. The summed E-state index contributed by atoms with van der Waals surface area (Å²) >= 11 is 0. The molecule has 0 aliphatic rings. The highest BCUT2D eigenvalue weighted by molar-refractivity contribution is 5.77. The van der Waals surface area contributed by atoms with Gasteiger partial charge in [0.05, 0.1) is 12.6 Å². The number of aryl methyl sites for hydroxylation is 1. The zero-order chi connectivity index (χ0) is 10.1. The van der Waals surface area contributed by atoms with Crippen molar-refractivity contribution in [1.29, 1.82) is 0 Å². The van der Waals surface area contributed by atoms with Crippen molar-refractivity contribution in [1.82, 2.24) is 15.2 Å². The molecule has 0 aliphatic carbocycles. The van der Waals surface area contributed by atoms with E-state index in [1.54, 1.807) is 13.2 Å². The van der Waals surface area contributed by atoms with Gasteiger partial charge in [-0.15, -0.1) is 10.2 Å². The zero-order valence-electron chi connectivity index (χ0n) is 7.98. The lowest BCUT2D eigenvalue weighted by atomic mass is 10.2. The maximum absolute atomic E-state index is 5.43. The maximum Gasteiger partial charge on any atom is 0.240 e. The first-order valence-corrected chi connectivity index (χ1v) is 4.15. The van der Waals surface area contributed by atoms with Gasteiger partial charge in [0.1, 0.15) is 11.3 Å². The van der Waals surface area contributed by atoms with Gasteiger partial charge in [0.15, 0.2) is 0 Å². The van der Waals surface area contributed by atoms with Crippen LogP contribution in [-0.2, 0) is 0 Å². The molecule has 2 N–H and O–H groups in total. The molecular weight excluding hydrogens is 180 g/mol. The molecule has 0 atom stereocenters. The smallest absolute Gasteiger partial charge is 0.240 e. The van der Waals surface area contributed by atoms with Crippen LogP contribution in [0.4, 0.5) is 5.95 Å². The Morgan fingerprint density at radius 3 is 2.71 bits per heavy atom. The summed E-state index contributed by atoms with van der Waals surface area (Å²) < 4.78 is 5.16. The zero-order valence-corrected chi connectivity index (χ0v) is 7.98. The quantitative estimate of drug-likeness (QED) is 0.723. The van der Waals surface area contributed by atoms with Gasteiger partial charge in [0, 0.05) is 6.07 Å². The molecule has 0 amide bonds. The molecule has 0 bridgehead atoms. The Morgan fingerprint density at radius 1 is 1.21 bits per heavy atom. The molecule has 0 unspecified atom stereocenters. The van der Waals surface area contributed by atoms with E-state index < -0.39 is 0 Å². The predicted octanol–water partition coefficient (Wildman–Crippen LogP) is 0.924. The number of anilines is 1. The lowest BCUT2D eigenvalue weighted by Crippen LogP contribution is -1.98. The van der Waals surface area contributed by atoms with Crippen molar-refractivity contribution >= 4 is 17.0 Å². The van der Waals surface area contributed by atoms with Crippen LogP contribution in [0.3, 0.4) is 0 Å². The Kier molecular flexibility index (Phi) is 1.92. The molecule has 0 aliphatic heterocycles. The number of fused-ring (bicyclic) bond motifs is 1. The Hall–Kier alpha value is -1.91.